The lowest BCUT2D eigenvalue weighted by atomic mass is 9.98. The maximum absolute atomic E-state index is 12.9. The Bertz CT molecular complexity index is 779. The standard InChI is InChI=1S/C22H29N5O/c1-2-6-21-24-11-17(12-25-21)14-26-10-4-3-7-19-15-27(16-20(19)26)22(28)18-8-5-9-23-13-18/h5,8-9,11-13,19-20H,2-4,6-7,10,14-16H2,1H3/t19-,20+/m0/s1. The minimum absolute atomic E-state index is 0.105. The number of carbonyl (C=O) groups excluding carboxylic acids is 1. The summed E-state index contributed by atoms with van der Waals surface area (Å²) in [6.07, 6.45) is 13.0. The SMILES string of the molecule is CCCc1ncc(CN2CCCC[C@H]3CN(C(=O)c4cccnc4)C[C@H]32)cn1. The van der Waals surface area contributed by atoms with Gasteiger partial charge in [0.25, 0.3) is 5.91 Å². The van der Waals surface area contributed by atoms with Crippen LogP contribution in [-0.2, 0) is 13.0 Å². The fraction of sp³-hybridized carbons (Fsp3) is 0.545. The van der Waals surface area contributed by atoms with Crippen LogP contribution in [0.15, 0.2) is 36.9 Å². The van der Waals surface area contributed by atoms with E-state index in [0.29, 0.717) is 17.5 Å². The first-order valence-electron chi connectivity index (χ1n) is 10.5. The molecule has 0 unspecified atom stereocenters. The molecule has 2 saturated heterocycles. The largest absolute Gasteiger partial charge is 0.337 e. The van der Waals surface area contributed by atoms with Gasteiger partial charge in [-0.25, -0.2) is 9.97 Å². The molecule has 0 bridgehead atoms. The van der Waals surface area contributed by atoms with Crippen molar-refractivity contribution in [3.63, 3.8) is 0 Å². The van der Waals surface area contributed by atoms with Crippen molar-refractivity contribution in [2.75, 3.05) is 19.6 Å². The first-order chi connectivity index (χ1) is 13.7. The Kier molecular flexibility index (Phi) is 5.95. The van der Waals surface area contributed by atoms with Crippen molar-refractivity contribution in [3.8, 4) is 0 Å². The molecule has 6 heteroatoms. The van der Waals surface area contributed by atoms with Gasteiger partial charge in [-0.3, -0.25) is 14.7 Å². The molecule has 2 fully saturated rings. The van der Waals surface area contributed by atoms with Crippen LogP contribution in [0.4, 0.5) is 0 Å². The molecule has 2 aromatic rings. The lowest BCUT2D eigenvalue weighted by molar-refractivity contribution is 0.0772. The number of hydrogen-bond donors (Lipinski definition) is 0. The number of fused-ring (bicyclic) bond motifs is 1. The van der Waals surface area contributed by atoms with E-state index in [1.807, 2.05) is 29.4 Å². The Balaban J connectivity index is 1.45. The molecule has 2 atom stereocenters. The summed E-state index contributed by atoms with van der Waals surface area (Å²) in [4.78, 5) is 30.6. The molecule has 0 radical (unpaired) electrons. The Morgan fingerprint density at radius 1 is 1.18 bits per heavy atom. The van der Waals surface area contributed by atoms with Crippen LogP contribution in [0.3, 0.4) is 0 Å². The molecule has 2 aliphatic heterocycles. The van der Waals surface area contributed by atoms with Crippen LogP contribution < -0.4 is 0 Å². The van der Waals surface area contributed by atoms with E-state index in [1.54, 1.807) is 12.4 Å². The number of likely N-dealkylation sites (tertiary alicyclic amines) is 2. The van der Waals surface area contributed by atoms with Gasteiger partial charge in [0.1, 0.15) is 5.82 Å². The zero-order chi connectivity index (χ0) is 19.3. The average Bonchev–Trinajstić information content (AvgIpc) is 3.07. The minimum Gasteiger partial charge on any atom is -0.337 e. The summed E-state index contributed by atoms with van der Waals surface area (Å²) in [5.74, 6) is 1.57. The molecule has 148 valence electrons. The van der Waals surface area contributed by atoms with E-state index in [4.69, 9.17) is 0 Å². The van der Waals surface area contributed by atoms with Crippen molar-refractivity contribution >= 4 is 5.91 Å². The van der Waals surface area contributed by atoms with Crippen LogP contribution in [0.1, 0.15) is 54.4 Å². The van der Waals surface area contributed by atoms with Crippen molar-refractivity contribution < 1.29 is 4.79 Å². The quantitative estimate of drug-likeness (QED) is 0.799. The third-order valence-electron chi connectivity index (χ3n) is 5.96. The number of amides is 1. The Labute approximate surface area is 167 Å². The summed E-state index contributed by atoms with van der Waals surface area (Å²) in [6.45, 7) is 5.73. The topological polar surface area (TPSA) is 62.2 Å². The fourth-order valence-electron chi connectivity index (χ4n) is 4.52. The molecule has 28 heavy (non-hydrogen) atoms. The van der Waals surface area contributed by atoms with Gasteiger partial charge >= 0.3 is 0 Å². The van der Waals surface area contributed by atoms with Crippen molar-refractivity contribution in [3.05, 3.63) is 53.9 Å². The predicted octanol–water partition coefficient (Wildman–Crippen LogP) is 2.95. The number of nitrogens with zero attached hydrogens (tertiary/aromatic N) is 5. The van der Waals surface area contributed by atoms with E-state index >= 15 is 0 Å². The van der Waals surface area contributed by atoms with Crippen molar-refractivity contribution in [2.45, 2.75) is 51.6 Å². The monoisotopic (exact) mass is 379 g/mol. The summed E-state index contributed by atoms with van der Waals surface area (Å²) >= 11 is 0. The van der Waals surface area contributed by atoms with Crippen LogP contribution >= 0.6 is 0 Å². The molecule has 0 spiro atoms. The summed E-state index contributed by atoms with van der Waals surface area (Å²) in [7, 11) is 0. The van der Waals surface area contributed by atoms with Crippen LogP contribution in [0, 0.1) is 5.92 Å². The highest BCUT2D eigenvalue weighted by molar-refractivity contribution is 5.94. The van der Waals surface area contributed by atoms with Gasteiger partial charge in [0.05, 0.1) is 5.56 Å². The maximum atomic E-state index is 12.9. The fourth-order valence-corrected chi connectivity index (χ4v) is 4.52. The molecule has 4 heterocycles. The highest BCUT2D eigenvalue weighted by Gasteiger charge is 2.39. The highest BCUT2D eigenvalue weighted by Crippen LogP contribution is 2.31. The minimum atomic E-state index is 0.105. The number of rotatable bonds is 5. The second-order valence-electron chi connectivity index (χ2n) is 8.00. The summed E-state index contributed by atoms with van der Waals surface area (Å²) in [5.41, 5.74) is 1.85. The second kappa shape index (κ2) is 8.78. The van der Waals surface area contributed by atoms with E-state index in [2.05, 4.69) is 26.8 Å². The Morgan fingerprint density at radius 3 is 2.79 bits per heavy atom. The van der Waals surface area contributed by atoms with Crippen LogP contribution in [0.25, 0.3) is 0 Å². The zero-order valence-corrected chi connectivity index (χ0v) is 16.6. The first-order valence-corrected chi connectivity index (χ1v) is 10.5. The van der Waals surface area contributed by atoms with E-state index in [9.17, 15) is 4.79 Å². The van der Waals surface area contributed by atoms with E-state index in [1.165, 1.54) is 19.3 Å². The van der Waals surface area contributed by atoms with E-state index in [0.717, 1.165) is 50.4 Å². The normalized spacial score (nSPS) is 22.7. The molecular weight excluding hydrogens is 350 g/mol. The van der Waals surface area contributed by atoms with Gasteiger partial charge in [0.2, 0.25) is 0 Å². The van der Waals surface area contributed by atoms with Gasteiger partial charge in [-0.1, -0.05) is 13.3 Å². The lowest BCUT2D eigenvalue weighted by Crippen LogP contribution is -2.40. The Morgan fingerprint density at radius 2 is 2.04 bits per heavy atom. The zero-order valence-electron chi connectivity index (χ0n) is 16.6. The first kappa shape index (κ1) is 19.0. The summed E-state index contributed by atoms with van der Waals surface area (Å²) in [5, 5.41) is 0. The van der Waals surface area contributed by atoms with Gasteiger partial charge in [-0.15, -0.1) is 0 Å². The van der Waals surface area contributed by atoms with Gasteiger partial charge in [0, 0.05) is 62.4 Å². The molecule has 6 nitrogen and oxygen atoms in total. The molecule has 4 rings (SSSR count). The van der Waals surface area contributed by atoms with Crippen LogP contribution in [-0.4, -0.2) is 56.3 Å². The molecule has 2 aliphatic rings. The maximum Gasteiger partial charge on any atom is 0.255 e. The predicted molar refractivity (Wildman–Crippen MR) is 108 cm³/mol. The van der Waals surface area contributed by atoms with Gasteiger partial charge < -0.3 is 4.90 Å². The number of aryl methyl sites for hydroxylation is 1. The molecular formula is C22H29N5O. The average molecular weight is 380 g/mol. The van der Waals surface area contributed by atoms with Crippen LogP contribution in [0.5, 0.6) is 0 Å². The number of aromatic nitrogens is 3. The molecule has 0 saturated carbocycles. The summed E-state index contributed by atoms with van der Waals surface area (Å²) in [6, 6.07) is 4.10. The molecule has 0 N–H and O–H groups in total. The van der Waals surface area contributed by atoms with Gasteiger partial charge in [-0.05, 0) is 43.9 Å². The molecule has 1 amide bonds. The molecule has 0 aromatic carbocycles. The smallest absolute Gasteiger partial charge is 0.255 e. The second-order valence-corrected chi connectivity index (χ2v) is 8.00. The van der Waals surface area contributed by atoms with Gasteiger partial charge in [-0.2, -0.15) is 0 Å². The molecule has 0 aliphatic carbocycles. The van der Waals surface area contributed by atoms with Crippen LogP contribution in [0.2, 0.25) is 0 Å². The van der Waals surface area contributed by atoms with Crippen molar-refractivity contribution in [1.82, 2.24) is 24.8 Å². The number of hydrogen-bond acceptors (Lipinski definition) is 5. The van der Waals surface area contributed by atoms with Crippen molar-refractivity contribution in [2.24, 2.45) is 5.92 Å². The van der Waals surface area contributed by atoms with E-state index < -0.39 is 0 Å². The highest BCUT2D eigenvalue weighted by atomic mass is 16.2. The third-order valence-corrected chi connectivity index (χ3v) is 5.96. The molecule has 2 aromatic heterocycles. The number of pyridine rings is 1. The third kappa shape index (κ3) is 4.22. The van der Waals surface area contributed by atoms with Crippen molar-refractivity contribution in [1.29, 1.82) is 0 Å². The lowest BCUT2D eigenvalue weighted by Gasteiger charge is -2.29. The Hall–Kier alpha value is -2.34. The summed E-state index contributed by atoms with van der Waals surface area (Å²) < 4.78 is 0. The van der Waals surface area contributed by atoms with E-state index in [-0.39, 0.29) is 5.91 Å². The van der Waals surface area contributed by atoms with Gasteiger partial charge in [0.15, 0.2) is 0 Å². The number of carbonyl (C=O) groups is 1.